The second-order valence-corrected chi connectivity index (χ2v) is 6.90. The molecule has 0 atom stereocenters. The lowest BCUT2D eigenvalue weighted by molar-refractivity contribution is 0.0955. The molecule has 0 fully saturated rings. The van der Waals surface area contributed by atoms with Crippen molar-refractivity contribution in [1.29, 1.82) is 0 Å². The summed E-state index contributed by atoms with van der Waals surface area (Å²) in [6, 6.07) is 17.4. The summed E-state index contributed by atoms with van der Waals surface area (Å²) < 4.78 is 1.03. The second kappa shape index (κ2) is 6.20. The van der Waals surface area contributed by atoms with Gasteiger partial charge < -0.3 is 0 Å². The monoisotopic (exact) mass is 358 g/mol. The lowest BCUT2D eigenvalue weighted by Gasteiger charge is -2.02. The molecule has 2 aromatic carbocycles. The molecule has 1 amide bonds. The van der Waals surface area contributed by atoms with Crippen LogP contribution in [0.2, 0.25) is 0 Å². The Morgan fingerprint density at radius 3 is 2.67 bits per heavy atom. The summed E-state index contributed by atoms with van der Waals surface area (Å²) in [5, 5.41) is 6.13. The molecule has 0 saturated heterocycles. The number of carbonyl (C=O) groups is 1. The number of nitrogens with zero attached hydrogens (tertiary/aromatic N) is 1. The molecule has 21 heavy (non-hydrogen) atoms. The molecule has 3 aromatic rings. The van der Waals surface area contributed by atoms with Crippen molar-refractivity contribution in [2.45, 2.75) is 0 Å². The van der Waals surface area contributed by atoms with Gasteiger partial charge in [-0.3, -0.25) is 4.79 Å². The Balaban J connectivity index is 1.73. The summed E-state index contributed by atoms with van der Waals surface area (Å²) in [6.07, 6.45) is 1.63. The van der Waals surface area contributed by atoms with Gasteiger partial charge in [0.05, 0.1) is 10.0 Å². The van der Waals surface area contributed by atoms with Crippen LogP contribution in [0.3, 0.4) is 0 Å². The van der Waals surface area contributed by atoms with E-state index in [1.54, 1.807) is 23.6 Å². The van der Waals surface area contributed by atoms with Crippen LogP contribution in [0, 0.1) is 0 Å². The van der Waals surface area contributed by atoms with E-state index in [0.29, 0.717) is 5.56 Å². The highest BCUT2D eigenvalue weighted by Crippen LogP contribution is 2.20. The van der Waals surface area contributed by atoms with E-state index in [4.69, 9.17) is 0 Å². The highest BCUT2D eigenvalue weighted by atomic mass is 79.9. The first-order valence-electron chi connectivity index (χ1n) is 6.30. The van der Waals surface area contributed by atoms with E-state index in [1.165, 1.54) is 0 Å². The van der Waals surface area contributed by atoms with Crippen molar-refractivity contribution in [3.05, 3.63) is 68.8 Å². The van der Waals surface area contributed by atoms with Crippen LogP contribution < -0.4 is 5.43 Å². The van der Waals surface area contributed by atoms with Gasteiger partial charge >= 0.3 is 0 Å². The molecule has 3 nitrogen and oxygen atoms in total. The molecule has 104 valence electrons. The van der Waals surface area contributed by atoms with Crippen LogP contribution in [0.5, 0.6) is 0 Å². The Hall–Kier alpha value is -1.98. The minimum absolute atomic E-state index is 0.215. The number of rotatable bonds is 3. The number of hydrogen-bond donors (Lipinski definition) is 1. The standard InChI is InChI=1S/C16H11BrN2OS/c17-15-8-7-14(21-15)10-18-19-16(20)13-6-5-11-3-1-2-4-12(11)9-13/h1-10H,(H,19,20)/b18-10-. The molecule has 0 spiro atoms. The Labute approximate surface area is 134 Å². The third-order valence-corrected chi connectivity index (χ3v) is 4.52. The molecule has 0 bridgehead atoms. The SMILES string of the molecule is O=C(N/N=C\c1ccc(Br)s1)c1ccc2ccccc2c1. The van der Waals surface area contributed by atoms with Gasteiger partial charge in [-0.25, -0.2) is 5.43 Å². The number of nitrogens with one attached hydrogen (secondary N) is 1. The van der Waals surface area contributed by atoms with Crippen LogP contribution in [0.15, 0.2) is 63.5 Å². The summed E-state index contributed by atoms with van der Waals surface area (Å²) in [4.78, 5) is 13.0. The highest BCUT2D eigenvalue weighted by Gasteiger charge is 2.04. The third kappa shape index (κ3) is 3.37. The lowest BCUT2D eigenvalue weighted by atomic mass is 10.1. The number of carbonyl (C=O) groups excluding carboxylic acids is 1. The average Bonchev–Trinajstić information content (AvgIpc) is 2.92. The van der Waals surface area contributed by atoms with Crippen LogP contribution in [0.25, 0.3) is 10.8 Å². The molecule has 0 saturated carbocycles. The zero-order chi connectivity index (χ0) is 14.7. The largest absolute Gasteiger partial charge is 0.271 e. The molecule has 3 rings (SSSR count). The molecule has 1 N–H and O–H groups in total. The summed E-state index contributed by atoms with van der Waals surface area (Å²) >= 11 is 4.94. The van der Waals surface area contributed by atoms with E-state index in [9.17, 15) is 4.79 Å². The maximum absolute atomic E-state index is 12.1. The zero-order valence-corrected chi connectivity index (χ0v) is 13.3. The van der Waals surface area contributed by atoms with E-state index in [2.05, 4.69) is 26.5 Å². The summed E-state index contributed by atoms with van der Waals surface area (Å²) in [7, 11) is 0. The smallest absolute Gasteiger partial charge is 0.267 e. The third-order valence-electron chi connectivity index (χ3n) is 2.96. The second-order valence-electron chi connectivity index (χ2n) is 4.40. The molecule has 1 heterocycles. The number of fused-ring (bicyclic) bond motifs is 1. The number of amides is 1. The predicted molar refractivity (Wildman–Crippen MR) is 91.0 cm³/mol. The van der Waals surface area contributed by atoms with Crippen LogP contribution in [-0.4, -0.2) is 12.1 Å². The summed E-state index contributed by atoms with van der Waals surface area (Å²) in [5.41, 5.74) is 3.14. The van der Waals surface area contributed by atoms with Crippen molar-refractivity contribution in [1.82, 2.24) is 5.43 Å². The molecule has 0 aliphatic carbocycles. The Kier molecular flexibility index (Phi) is 4.13. The van der Waals surface area contributed by atoms with Crippen LogP contribution in [0.1, 0.15) is 15.2 Å². The Morgan fingerprint density at radius 2 is 1.90 bits per heavy atom. The van der Waals surface area contributed by atoms with Crippen LogP contribution in [0.4, 0.5) is 0 Å². The summed E-state index contributed by atoms with van der Waals surface area (Å²) in [5.74, 6) is -0.215. The van der Waals surface area contributed by atoms with Crippen molar-refractivity contribution >= 4 is 50.2 Å². The minimum Gasteiger partial charge on any atom is -0.267 e. The topological polar surface area (TPSA) is 41.5 Å². The maximum atomic E-state index is 12.1. The molecule has 5 heteroatoms. The van der Waals surface area contributed by atoms with Gasteiger partial charge in [-0.15, -0.1) is 11.3 Å². The fourth-order valence-electron chi connectivity index (χ4n) is 1.95. The Bertz CT molecular complexity index is 826. The van der Waals surface area contributed by atoms with Crippen molar-refractivity contribution in [2.24, 2.45) is 5.10 Å². The minimum atomic E-state index is -0.215. The molecule has 0 unspecified atom stereocenters. The number of benzene rings is 2. The van der Waals surface area contributed by atoms with Gasteiger partial charge in [-0.2, -0.15) is 5.10 Å². The van der Waals surface area contributed by atoms with Crippen molar-refractivity contribution in [3.63, 3.8) is 0 Å². The van der Waals surface area contributed by atoms with Crippen LogP contribution >= 0.6 is 27.3 Å². The van der Waals surface area contributed by atoms with Crippen molar-refractivity contribution in [2.75, 3.05) is 0 Å². The number of hydrazone groups is 1. The van der Waals surface area contributed by atoms with E-state index >= 15 is 0 Å². The van der Waals surface area contributed by atoms with Gasteiger partial charge in [-0.05, 0) is 51.0 Å². The normalized spacial score (nSPS) is 11.1. The zero-order valence-electron chi connectivity index (χ0n) is 10.9. The first kappa shape index (κ1) is 14.0. The van der Waals surface area contributed by atoms with Gasteiger partial charge in [0.15, 0.2) is 0 Å². The van der Waals surface area contributed by atoms with Crippen molar-refractivity contribution in [3.8, 4) is 0 Å². The molecule has 1 aromatic heterocycles. The van der Waals surface area contributed by atoms with Gasteiger partial charge in [0, 0.05) is 10.4 Å². The van der Waals surface area contributed by atoms with E-state index < -0.39 is 0 Å². The number of thiophene rings is 1. The average molecular weight is 359 g/mol. The molecule has 0 aliphatic heterocycles. The highest BCUT2D eigenvalue weighted by molar-refractivity contribution is 9.11. The molecule has 0 radical (unpaired) electrons. The quantitative estimate of drug-likeness (QED) is 0.546. The summed E-state index contributed by atoms with van der Waals surface area (Å²) in [6.45, 7) is 0. The van der Waals surface area contributed by atoms with E-state index in [0.717, 1.165) is 19.4 Å². The van der Waals surface area contributed by atoms with Gasteiger partial charge in [0.2, 0.25) is 0 Å². The first-order chi connectivity index (χ1) is 10.2. The van der Waals surface area contributed by atoms with Gasteiger partial charge in [0.25, 0.3) is 5.91 Å². The van der Waals surface area contributed by atoms with Gasteiger partial charge in [0.1, 0.15) is 0 Å². The van der Waals surface area contributed by atoms with Crippen molar-refractivity contribution < 1.29 is 4.79 Å². The van der Waals surface area contributed by atoms with E-state index in [-0.39, 0.29) is 5.91 Å². The van der Waals surface area contributed by atoms with E-state index in [1.807, 2.05) is 48.5 Å². The number of halogens is 1. The fourth-order valence-corrected chi connectivity index (χ4v) is 3.24. The lowest BCUT2D eigenvalue weighted by Crippen LogP contribution is -2.17. The maximum Gasteiger partial charge on any atom is 0.271 e. The molecular formula is C16H11BrN2OS. The Morgan fingerprint density at radius 1 is 1.10 bits per heavy atom. The number of hydrogen-bond acceptors (Lipinski definition) is 3. The molecular weight excluding hydrogens is 348 g/mol. The van der Waals surface area contributed by atoms with Gasteiger partial charge in [-0.1, -0.05) is 30.3 Å². The predicted octanol–water partition coefficient (Wildman–Crippen LogP) is 4.43. The van der Waals surface area contributed by atoms with Crippen LogP contribution in [-0.2, 0) is 0 Å². The fraction of sp³-hybridized carbons (Fsp3) is 0. The molecule has 0 aliphatic rings. The first-order valence-corrected chi connectivity index (χ1v) is 7.91.